The molecular formula is C24H33N9O2S2. The summed E-state index contributed by atoms with van der Waals surface area (Å²) in [6.45, 7) is 6.59. The number of rotatable bonds is 8. The Bertz CT molecular complexity index is 1390. The van der Waals surface area contributed by atoms with Crippen molar-refractivity contribution in [2.24, 2.45) is 5.92 Å². The van der Waals surface area contributed by atoms with Crippen molar-refractivity contribution in [3.63, 3.8) is 0 Å². The standard InChI is InChI=1S/C24H33N9O2S2/c1-5-17-10-19(11-18(6-2)33(17)37(34,35)32-13-16(12-25)14-32)31(4)24-27-22(20-7-8-36-23(20)28-24)26-21-9-15(3)29-30-21/h7-9,16-19H,5-6,10-11,13-14H2,1-4H3,(H2,26,27,28,29,30)/t17-,18+,19-. The van der Waals surface area contributed by atoms with Gasteiger partial charge in [0, 0.05) is 50.0 Å². The molecule has 3 aromatic heterocycles. The second kappa shape index (κ2) is 10.2. The second-order valence-corrected chi connectivity index (χ2v) is 12.6. The van der Waals surface area contributed by atoms with Crippen LogP contribution in [0.5, 0.6) is 0 Å². The summed E-state index contributed by atoms with van der Waals surface area (Å²) in [6, 6.07) is 5.92. The number of hydrogen-bond donors (Lipinski definition) is 2. The highest BCUT2D eigenvalue weighted by Gasteiger charge is 2.47. The molecule has 0 bridgehead atoms. The minimum Gasteiger partial charge on any atom is -0.341 e. The number of nitrogens with zero attached hydrogens (tertiary/aromatic N) is 7. The molecule has 3 atom stereocenters. The van der Waals surface area contributed by atoms with Crippen LogP contribution in [-0.2, 0) is 10.2 Å². The maximum Gasteiger partial charge on any atom is 0.282 e. The predicted octanol–water partition coefficient (Wildman–Crippen LogP) is 3.62. The molecule has 11 nitrogen and oxygen atoms in total. The highest BCUT2D eigenvalue weighted by atomic mass is 32.2. The monoisotopic (exact) mass is 543 g/mol. The zero-order valence-corrected chi connectivity index (χ0v) is 23.2. The summed E-state index contributed by atoms with van der Waals surface area (Å²) in [5.41, 5.74) is 0.953. The van der Waals surface area contributed by atoms with Crippen molar-refractivity contribution in [2.75, 3.05) is 30.4 Å². The molecule has 2 fully saturated rings. The van der Waals surface area contributed by atoms with E-state index in [2.05, 4.69) is 26.5 Å². The average molecular weight is 544 g/mol. The molecule has 0 spiro atoms. The van der Waals surface area contributed by atoms with E-state index in [4.69, 9.17) is 15.2 Å². The van der Waals surface area contributed by atoms with E-state index in [0.29, 0.717) is 43.3 Å². The largest absolute Gasteiger partial charge is 0.341 e. The number of aromatic nitrogens is 4. The van der Waals surface area contributed by atoms with E-state index in [0.717, 1.165) is 15.9 Å². The molecule has 2 saturated heterocycles. The fraction of sp³-hybridized carbons (Fsp3) is 0.583. The van der Waals surface area contributed by atoms with Crippen LogP contribution >= 0.6 is 11.3 Å². The summed E-state index contributed by atoms with van der Waals surface area (Å²) in [7, 11) is -1.62. The molecule has 2 aliphatic rings. The van der Waals surface area contributed by atoms with Gasteiger partial charge in [-0.3, -0.25) is 5.10 Å². The van der Waals surface area contributed by atoms with Gasteiger partial charge in [0.1, 0.15) is 10.6 Å². The molecule has 5 heterocycles. The lowest BCUT2D eigenvalue weighted by molar-refractivity contribution is 0.129. The van der Waals surface area contributed by atoms with Gasteiger partial charge in [-0.25, -0.2) is 4.98 Å². The Morgan fingerprint density at radius 3 is 2.54 bits per heavy atom. The van der Waals surface area contributed by atoms with Gasteiger partial charge in [-0.1, -0.05) is 13.8 Å². The number of nitrogens with one attached hydrogen (secondary N) is 2. The van der Waals surface area contributed by atoms with Crippen molar-refractivity contribution < 1.29 is 8.42 Å². The molecule has 0 radical (unpaired) electrons. The topological polar surface area (TPSA) is 134 Å². The summed E-state index contributed by atoms with van der Waals surface area (Å²) >= 11 is 1.56. The van der Waals surface area contributed by atoms with Crippen LogP contribution in [0.15, 0.2) is 17.5 Å². The maximum absolute atomic E-state index is 13.5. The van der Waals surface area contributed by atoms with Gasteiger partial charge in [-0.15, -0.1) is 11.3 Å². The van der Waals surface area contributed by atoms with Crippen LogP contribution in [0.4, 0.5) is 17.6 Å². The Balaban J connectivity index is 1.40. The van der Waals surface area contributed by atoms with E-state index >= 15 is 0 Å². The average Bonchev–Trinajstić information content (AvgIpc) is 3.50. The Kier molecular flexibility index (Phi) is 7.10. The second-order valence-electron chi connectivity index (χ2n) is 9.91. The fourth-order valence-corrected chi connectivity index (χ4v) is 8.31. The van der Waals surface area contributed by atoms with Crippen LogP contribution in [0.1, 0.15) is 45.2 Å². The molecule has 198 valence electrons. The van der Waals surface area contributed by atoms with E-state index in [1.165, 1.54) is 4.31 Å². The molecule has 2 N–H and O–H groups in total. The Hall–Kier alpha value is -2.79. The maximum atomic E-state index is 13.5. The van der Waals surface area contributed by atoms with Crippen LogP contribution in [-0.4, -0.2) is 75.5 Å². The van der Waals surface area contributed by atoms with Crippen molar-refractivity contribution >= 4 is 49.3 Å². The zero-order valence-electron chi connectivity index (χ0n) is 21.5. The van der Waals surface area contributed by atoms with E-state index in [1.54, 1.807) is 15.6 Å². The highest BCUT2D eigenvalue weighted by Crippen LogP contribution is 2.37. The normalized spacial score (nSPS) is 23.6. The fourth-order valence-electron chi connectivity index (χ4n) is 5.32. The molecule has 0 aromatic carbocycles. The smallest absolute Gasteiger partial charge is 0.282 e. The Morgan fingerprint density at radius 1 is 1.24 bits per heavy atom. The first-order valence-electron chi connectivity index (χ1n) is 12.7. The first-order chi connectivity index (χ1) is 17.7. The van der Waals surface area contributed by atoms with E-state index < -0.39 is 10.2 Å². The van der Waals surface area contributed by atoms with Crippen molar-refractivity contribution in [1.82, 2.24) is 28.8 Å². The van der Waals surface area contributed by atoms with Gasteiger partial charge in [0.2, 0.25) is 5.95 Å². The van der Waals surface area contributed by atoms with Crippen LogP contribution in [0.3, 0.4) is 0 Å². The minimum absolute atomic E-state index is 0.0856. The molecule has 0 aliphatic carbocycles. The number of aryl methyl sites for hydroxylation is 1. The van der Waals surface area contributed by atoms with Gasteiger partial charge in [0.05, 0.1) is 17.4 Å². The van der Waals surface area contributed by atoms with Crippen LogP contribution in [0.2, 0.25) is 0 Å². The molecule has 13 heteroatoms. The molecule has 0 saturated carbocycles. The number of piperidine rings is 1. The minimum atomic E-state index is -3.62. The van der Waals surface area contributed by atoms with Gasteiger partial charge in [0.15, 0.2) is 5.82 Å². The molecule has 3 aromatic rings. The van der Waals surface area contributed by atoms with Gasteiger partial charge in [-0.05, 0) is 44.1 Å². The number of H-pyrrole nitrogens is 1. The van der Waals surface area contributed by atoms with Crippen molar-refractivity contribution in [3.05, 3.63) is 23.2 Å². The van der Waals surface area contributed by atoms with E-state index in [-0.39, 0.29) is 37.1 Å². The van der Waals surface area contributed by atoms with Crippen LogP contribution < -0.4 is 10.2 Å². The number of thiophene rings is 1. The van der Waals surface area contributed by atoms with Gasteiger partial charge < -0.3 is 10.2 Å². The molecule has 0 amide bonds. The van der Waals surface area contributed by atoms with Gasteiger partial charge >= 0.3 is 0 Å². The number of nitriles is 1. The third kappa shape index (κ3) is 4.79. The number of fused-ring (bicyclic) bond motifs is 1. The quantitative estimate of drug-likeness (QED) is 0.440. The van der Waals surface area contributed by atoms with Crippen molar-refractivity contribution in [1.29, 1.82) is 5.26 Å². The number of anilines is 3. The van der Waals surface area contributed by atoms with Crippen LogP contribution in [0, 0.1) is 24.2 Å². The molecular weight excluding hydrogens is 510 g/mol. The van der Waals surface area contributed by atoms with E-state index in [1.807, 2.05) is 45.3 Å². The predicted molar refractivity (Wildman–Crippen MR) is 145 cm³/mol. The Labute approximate surface area is 221 Å². The van der Waals surface area contributed by atoms with E-state index in [9.17, 15) is 8.42 Å². The van der Waals surface area contributed by atoms with Crippen molar-refractivity contribution in [3.8, 4) is 6.07 Å². The molecule has 2 aliphatic heterocycles. The van der Waals surface area contributed by atoms with Crippen LogP contribution in [0.25, 0.3) is 10.2 Å². The third-order valence-electron chi connectivity index (χ3n) is 7.50. The first-order valence-corrected chi connectivity index (χ1v) is 15.0. The first kappa shape index (κ1) is 25.8. The highest BCUT2D eigenvalue weighted by molar-refractivity contribution is 7.86. The zero-order chi connectivity index (χ0) is 26.3. The molecule has 0 unspecified atom stereocenters. The lowest BCUT2D eigenvalue weighted by atomic mass is 9.90. The lowest BCUT2D eigenvalue weighted by Gasteiger charge is -2.49. The van der Waals surface area contributed by atoms with Gasteiger partial charge in [0.25, 0.3) is 10.2 Å². The number of aromatic amines is 1. The SMILES string of the molecule is CC[C@@H]1C[C@@H](N(C)c2nc(Nc3cc(C)[nH]n3)c3ccsc3n2)C[C@H](CC)N1S(=O)(=O)N1CC(C#N)C1. The van der Waals surface area contributed by atoms with Crippen molar-refractivity contribution in [2.45, 2.75) is 64.6 Å². The lowest BCUT2D eigenvalue weighted by Crippen LogP contribution is -2.62. The molecule has 37 heavy (non-hydrogen) atoms. The Morgan fingerprint density at radius 2 is 1.95 bits per heavy atom. The summed E-state index contributed by atoms with van der Waals surface area (Å²) in [6.07, 6.45) is 2.80. The number of hydrogen-bond acceptors (Lipinski definition) is 9. The summed E-state index contributed by atoms with van der Waals surface area (Å²) in [4.78, 5) is 12.7. The molecule has 5 rings (SSSR count). The summed E-state index contributed by atoms with van der Waals surface area (Å²) < 4.78 is 30.3. The third-order valence-corrected chi connectivity index (χ3v) is 10.4. The summed E-state index contributed by atoms with van der Waals surface area (Å²) in [5.74, 6) is 1.78. The summed E-state index contributed by atoms with van der Waals surface area (Å²) in [5, 5.41) is 22.6. The van der Waals surface area contributed by atoms with Gasteiger partial charge in [-0.2, -0.15) is 32.4 Å².